The van der Waals surface area contributed by atoms with Crippen molar-refractivity contribution >= 4 is 47.3 Å². The molecule has 18 heteroatoms. The minimum absolute atomic E-state index is 0.0629. The van der Waals surface area contributed by atoms with Crippen molar-refractivity contribution in [2.24, 2.45) is 7.05 Å². The van der Waals surface area contributed by atoms with Crippen molar-refractivity contribution in [1.29, 1.82) is 0 Å². The summed E-state index contributed by atoms with van der Waals surface area (Å²) in [6, 6.07) is 5.52. The van der Waals surface area contributed by atoms with Gasteiger partial charge in [0.05, 0.1) is 0 Å². The van der Waals surface area contributed by atoms with Gasteiger partial charge >= 0.3 is 18.3 Å². The quantitative estimate of drug-likeness (QED) is 0.156. The highest BCUT2D eigenvalue weighted by Crippen LogP contribution is 2.26. The lowest BCUT2D eigenvalue weighted by molar-refractivity contribution is -0.849. The van der Waals surface area contributed by atoms with Crippen LogP contribution in [0.4, 0.5) is 26.3 Å². The molecule has 10 nitrogen and oxygen atoms in total. The number of carbonyl (C=O) groups is 4. The molecule has 1 unspecified atom stereocenters. The van der Waals surface area contributed by atoms with E-state index in [1.165, 1.54) is 11.8 Å². The zero-order chi connectivity index (χ0) is 28.7. The van der Waals surface area contributed by atoms with Gasteiger partial charge in [0.2, 0.25) is 10.4 Å². The molecular weight excluding hydrogens is 560 g/mol. The molecule has 0 spiro atoms. The Morgan fingerprint density at radius 3 is 2.05 bits per heavy atom. The normalized spacial score (nSPS) is 21.1. The second-order valence-corrected chi connectivity index (χ2v) is 9.00. The molecule has 1 aromatic heterocycles. The highest BCUT2D eigenvalue weighted by Gasteiger charge is 2.59. The fraction of sp³-hybridized carbons (Fsp3) is 0.316. The summed E-state index contributed by atoms with van der Waals surface area (Å²) in [5.41, 5.74) is 4.48. The summed E-state index contributed by atoms with van der Waals surface area (Å²) < 4.78 is 65.1. The Morgan fingerprint density at radius 2 is 1.62 bits per heavy atom. The number of hydrogen-bond donors (Lipinski definition) is 2. The molecule has 1 saturated heterocycles. The number of quaternary nitrogens is 2. The first-order chi connectivity index (χ1) is 16.9. The molecule has 1 fully saturated rings. The Kier molecular flexibility index (Phi) is 11.2. The van der Waals surface area contributed by atoms with Crippen molar-refractivity contribution in [3.8, 4) is 0 Å². The maximum absolute atomic E-state index is 11.9. The maximum Gasteiger partial charge on any atom is 0.430 e. The molecule has 37 heavy (non-hydrogen) atoms. The first-order valence-electron chi connectivity index (χ1n) is 9.54. The lowest BCUT2D eigenvalue weighted by Crippen LogP contribution is -3.31. The van der Waals surface area contributed by atoms with Gasteiger partial charge < -0.3 is 35.4 Å². The highest BCUT2D eigenvalue weighted by molar-refractivity contribution is 8.02. The Labute approximate surface area is 212 Å². The molecule has 0 saturated carbocycles. The Morgan fingerprint density at radius 1 is 1.11 bits per heavy atom. The van der Waals surface area contributed by atoms with E-state index in [4.69, 9.17) is 19.8 Å². The van der Waals surface area contributed by atoms with Gasteiger partial charge in [0.1, 0.15) is 25.0 Å². The summed E-state index contributed by atoms with van der Waals surface area (Å²) >= 11 is 3.06. The van der Waals surface area contributed by atoms with Crippen molar-refractivity contribution < 1.29 is 76.0 Å². The van der Waals surface area contributed by atoms with Crippen molar-refractivity contribution in [2.45, 2.75) is 28.8 Å². The minimum Gasteiger partial charge on any atom is -0.542 e. The van der Waals surface area contributed by atoms with E-state index in [1.54, 1.807) is 17.8 Å². The second-order valence-electron chi connectivity index (χ2n) is 6.94. The van der Waals surface area contributed by atoms with Crippen molar-refractivity contribution in [1.82, 2.24) is 0 Å². The number of nitrogens with one attached hydrogen (secondary N) is 1. The molecule has 3 heterocycles. The van der Waals surface area contributed by atoms with E-state index in [1.807, 2.05) is 41.4 Å². The number of amides is 1. The van der Waals surface area contributed by atoms with Gasteiger partial charge in [-0.15, -0.1) is 0 Å². The van der Waals surface area contributed by atoms with Crippen molar-refractivity contribution in [2.75, 3.05) is 5.75 Å². The van der Waals surface area contributed by atoms with Gasteiger partial charge in [-0.3, -0.25) is 0 Å². The van der Waals surface area contributed by atoms with E-state index in [0.717, 1.165) is 5.03 Å². The summed E-state index contributed by atoms with van der Waals surface area (Å²) in [6.07, 6.45) is -6.68. The molecular formula is C19H17F6N3O7S2. The van der Waals surface area contributed by atoms with Crippen LogP contribution in [0.15, 0.2) is 52.2 Å². The number of carboxylic acids is 3. The number of allylic oxidation sites excluding steroid dienone is 1. The Balaban J connectivity index is 0.000000404. The number of alkyl halides is 6. The minimum atomic E-state index is -5.19. The summed E-state index contributed by atoms with van der Waals surface area (Å²) in [7, 11) is 1.94. The first-order valence-corrected chi connectivity index (χ1v) is 11.5. The van der Waals surface area contributed by atoms with E-state index in [9.17, 15) is 41.0 Å². The molecule has 4 N–H and O–H groups in total. The lowest BCUT2D eigenvalue weighted by Gasteiger charge is -2.40. The van der Waals surface area contributed by atoms with Gasteiger partial charge in [0.25, 0.3) is 6.04 Å². The fourth-order valence-corrected chi connectivity index (χ4v) is 4.77. The van der Waals surface area contributed by atoms with Crippen LogP contribution in [0, 0.1) is 0 Å². The summed E-state index contributed by atoms with van der Waals surface area (Å²) in [6.45, 7) is 0. The van der Waals surface area contributed by atoms with Gasteiger partial charge in [0, 0.05) is 23.5 Å². The standard InChI is InChI=1S/C15H15N3O3S2.2C2HF3O2/c1-17-6-3-2-4-10(17)22-7-5-9-8-23-14-11(16)13(19)18(14)12(9)15(20)21;2*3-2(4,5)1(6)7/h2-7,11,14H,8,16H2,1H3;2*(H,6,7)/b7-5+;;/t11-,14-;;/m1../s1. The molecule has 2 aliphatic heterocycles. The number of β-lactam (4-membered cyclic amide) rings is 1. The lowest BCUT2D eigenvalue weighted by atomic mass is 10.0. The van der Waals surface area contributed by atoms with Gasteiger partial charge in [-0.1, -0.05) is 11.8 Å². The Hall–Kier alpha value is -3.09. The topological polar surface area (TPSA) is 173 Å². The van der Waals surface area contributed by atoms with Crippen LogP contribution in [0.1, 0.15) is 0 Å². The largest absolute Gasteiger partial charge is 0.542 e. The predicted octanol–water partition coefficient (Wildman–Crippen LogP) is -4.17. The zero-order valence-corrected chi connectivity index (χ0v) is 20.1. The number of thioether (sulfide) groups is 2. The fourth-order valence-electron chi connectivity index (χ4n) is 2.66. The SMILES string of the molecule is C[n+]1ccccc1S/C=C/C1=C(C(=O)[O-])[NH+]2C(=O)[C@@H]([NH3+])[C@H]2SC1.O=C([O-])C(F)(F)F.O=C([O-])C(F)(F)F. The van der Waals surface area contributed by atoms with Crippen LogP contribution in [0.5, 0.6) is 0 Å². The summed E-state index contributed by atoms with van der Waals surface area (Å²) in [5.74, 6) is -6.91. The molecule has 0 bridgehead atoms. The van der Waals surface area contributed by atoms with Gasteiger partial charge in [-0.2, -0.15) is 30.9 Å². The molecule has 2 aliphatic rings. The van der Waals surface area contributed by atoms with Crippen LogP contribution >= 0.6 is 23.5 Å². The molecule has 3 rings (SSSR count). The van der Waals surface area contributed by atoms with E-state index in [-0.39, 0.29) is 23.0 Å². The van der Waals surface area contributed by atoms with E-state index < -0.39 is 30.3 Å². The van der Waals surface area contributed by atoms with Crippen LogP contribution < -0.4 is 30.5 Å². The van der Waals surface area contributed by atoms with Crippen LogP contribution in [0.2, 0.25) is 0 Å². The number of carbonyl (C=O) groups excluding carboxylic acids is 4. The molecule has 1 aromatic rings. The number of halogens is 6. The van der Waals surface area contributed by atoms with Gasteiger partial charge in [0.15, 0.2) is 11.9 Å². The van der Waals surface area contributed by atoms with E-state index in [2.05, 4.69) is 5.73 Å². The summed E-state index contributed by atoms with van der Waals surface area (Å²) in [4.78, 5) is 41.3. The second kappa shape index (κ2) is 12.9. The van der Waals surface area contributed by atoms with Gasteiger partial charge in [-0.05, 0) is 29.3 Å². The van der Waals surface area contributed by atoms with Crippen LogP contribution in [0.3, 0.4) is 0 Å². The number of fused-ring (bicyclic) bond motifs is 1. The average molecular weight is 577 g/mol. The number of carboxylic acid groups (broad SMARTS) is 3. The number of aryl methyl sites for hydroxylation is 1. The molecule has 3 atom stereocenters. The average Bonchev–Trinajstić information content (AvgIpc) is 2.78. The van der Waals surface area contributed by atoms with Crippen LogP contribution in [-0.2, 0) is 26.2 Å². The van der Waals surface area contributed by atoms with Crippen molar-refractivity contribution in [3.63, 3.8) is 0 Å². The molecule has 0 radical (unpaired) electrons. The smallest absolute Gasteiger partial charge is 0.430 e. The van der Waals surface area contributed by atoms with E-state index >= 15 is 0 Å². The first kappa shape index (κ1) is 31.9. The third-order valence-electron chi connectivity index (χ3n) is 4.39. The Bertz CT molecular complexity index is 1080. The number of nitrogens with zero attached hydrogens (tertiary/aromatic N) is 1. The number of aliphatic carboxylic acids is 3. The van der Waals surface area contributed by atoms with Crippen molar-refractivity contribution in [3.05, 3.63) is 47.2 Å². The molecule has 1 amide bonds. The number of pyridine rings is 1. The zero-order valence-electron chi connectivity index (χ0n) is 18.4. The van der Waals surface area contributed by atoms with Gasteiger partial charge in [-0.25, -0.2) is 9.69 Å². The van der Waals surface area contributed by atoms with Crippen LogP contribution in [0.25, 0.3) is 0 Å². The number of hydrogen-bond acceptors (Lipinski definition) is 9. The maximum atomic E-state index is 11.9. The number of rotatable bonds is 4. The molecule has 204 valence electrons. The third kappa shape index (κ3) is 9.06. The molecule has 0 aromatic carbocycles. The van der Waals surface area contributed by atoms with E-state index in [0.29, 0.717) is 16.2 Å². The van der Waals surface area contributed by atoms with Crippen LogP contribution in [-0.4, -0.2) is 53.3 Å². The monoisotopic (exact) mass is 577 g/mol. The predicted molar refractivity (Wildman–Crippen MR) is 106 cm³/mol. The molecule has 0 aliphatic carbocycles. The third-order valence-corrected chi connectivity index (χ3v) is 6.73. The number of aromatic nitrogens is 1. The summed E-state index contributed by atoms with van der Waals surface area (Å²) in [5, 5.41) is 31.8. The highest BCUT2D eigenvalue weighted by atomic mass is 32.2.